The first-order valence-electron chi connectivity index (χ1n) is 5.97. The molecule has 4 nitrogen and oxygen atoms in total. The molecule has 0 fully saturated rings. The number of benzene rings is 1. The van der Waals surface area contributed by atoms with Crippen molar-refractivity contribution < 1.29 is 9.53 Å². The molecule has 0 saturated heterocycles. The molecule has 1 unspecified atom stereocenters. The summed E-state index contributed by atoms with van der Waals surface area (Å²) in [5, 5.41) is 3.85. The van der Waals surface area contributed by atoms with E-state index in [1.54, 1.807) is 6.92 Å². The summed E-state index contributed by atoms with van der Waals surface area (Å²) >= 11 is 0. The summed E-state index contributed by atoms with van der Waals surface area (Å²) in [7, 11) is 3.83. The molecule has 1 heterocycles. The molecule has 96 valence electrons. The number of rotatable bonds is 3. The van der Waals surface area contributed by atoms with E-state index in [2.05, 4.69) is 0 Å². The van der Waals surface area contributed by atoms with Crippen molar-refractivity contribution in [1.82, 2.24) is 10.0 Å². The average molecular weight is 246 g/mol. The zero-order chi connectivity index (χ0) is 13.3. The second-order valence-corrected chi connectivity index (χ2v) is 4.46. The summed E-state index contributed by atoms with van der Waals surface area (Å²) in [6, 6.07) is 9.53. The van der Waals surface area contributed by atoms with Gasteiger partial charge in [0.2, 0.25) is 5.88 Å². The first-order chi connectivity index (χ1) is 8.52. The number of hydrogen-bond acceptors (Lipinski definition) is 4. The van der Waals surface area contributed by atoms with E-state index in [4.69, 9.17) is 4.74 Å². The number of hydrazine groups is 1. The van der Waals surface area contributed by atoms with E-state index in [9.17, 15) is 4.79 Å². The molecule has 1 aliphatic heterocycles. The highest BCUT2D eigenvalue weighted by Gasteiger charge is 2.35. The zero-order valence-electron chi connectivity index (χ0n) is 11.2. The SMILES string of the molecule is CC(=O)C1=C(Oc2ccccc2)N(C)N(C)C1C. The van der Waals surface area contributed by atoms with Crippen molar-refractivity contribution in [2.45, 2.75) is 19.9 Å². The Morgan fingerprint density at radius 1 is 1.22 bits per heavy atom. The van der Waals surface area contributed by atoms with Gasteiger partial charge in [-0.15, -0.1) is 0 Å². The van der Waals surface area contributed by atoms with Gasteiger partial charge in [0.15, 0.2) is 5.78 Å². The van der Waals surface area contributed by atoms with E-state index in [0.717, 1.165) is 5.75 Å². The number of carbonyl (C=O) groups excluding carboxylic acids is 1. The third kappa shape index (κ3) is 2.11. The minimum Gasteiger partial charge on any atom is -0.439 e. The van der Waals surface area contributed by atoms with Crippen molar-refractivity contribution in [3.8, 4) is 5.75 Å². The first kappa shape index (κ1) is 12.6. The van der Waals surface area contributed by atoms with Gasteiger partial charge in [-0.2, -0.15) is 0 Å². The second kappa shape index (κ2) is 4.82. The quantitative estimate of drug-likeness (QED) is 0.817. The summed E-state index contributed by atoms with van der Waals surface area (Å²) in [6.07, 6.45) is 0. The van der Waals surface area contributed by atoms with Gasteiger partial charge in [0.1, 0.15) is 5.75 Å². The lowest BCUT2D eigenvalue weighted by molar-refractivity contribution is -0.114. The maximum absolute atomic E-state index is 11.8. The lowest BCUT2D eigenvalue weighted by atomic mass is 10.1. The largest absolute Gasteiger partial charge is 0.439 e. The van der Waals surface area contributed by atoms with E-state index < -0.39 is 0 Å². The maximum atomic E-state index is 11.8. The molecule has 0 N–H and O–H groups in total. The molecule has 2 rings (SSSR count). The molecule has 0 amide bonds. The van der Waals surface area contributed by atoms with Gasteiger partial charge < -0.3 is 4.74 Å². The van der Waals surface area contributed by atoms with E-state index >= 15 is 0 Å². The van der Waals surface area contributed by atoms with E-state index in [0.29, 0.717) is 11.5 Å². The molecule has 1 aromatic carbocycles. The fourth-order valence-electron chi connectivity index (χ4n) is 2.11. The van der Waals surface area contributed by atoms with Crippen LogP contribution in [0, 0.1) is 0 Å². The summed E-state index contributed by atoms with van der Waals surface area (Å²) in [5.74, 6) is 1.40. The standard InChI is InChI=1S/C14H18N2O2/c1-10-13(11(2)17)14(16(4)15(10)3)18-12-8-6-5-7-9-12/h5-10H,1-4H3. The number of hydrogen-bond donors (Lipinski definition) is 0. The highest BCUT2D eigenvalue weighted by atomic mass is 16.5. The Hall–Kier alpha value is -1.81. The van der Waals surface area contributed by atoms with Crippen LogP contribution < -0.4 is 4.74 Å². The Kier molecular flexibility index (Phi) is 3.39. The van der Waals surface area contributed by atoms with Crippen LogP contribution in [0.15, 0.2) is 41.8 Å². The smallest absolute Gasteiger partial charge is 0.218 e. The van der Waals surface area contributed by atoms with E-state index in [-0.39, 0.29) is 11.8 Å². The molecule has 0 saturated carbocycles. The number of likely N-dealkylation sites (N-methyl/N-ethyl adjacent to an activating group) is 1. The van der Waals surface area contributed by atoms with Crippen LogP contribution >= 0.6 is 0 Å². The molecular weight excluding hydrogens is 228 g/mol. The van der Waals surface area contributed by atoms with Gasteiger partial charge in [0.05, 0.1) is 11.6 Å². The highest BCUT2D eigenvalue weighted by molar-refractivity contribution is 5.95. The van der Waals surface area contributed by atoms with Gasteiger partial charge >= 0.3 is 0 Å². The molecule has 0 aliphatic carbocycles. The number of carbonyl (C=O) groups is 1. The summed E-state index contributed by atoms with van der Waals surface area (Å²) in [5.41, 5.74) is 0.712. The topological polar surface area (TPSA) is 32.8 Å². The molecule has 0 spiro atoms. The third-order valence-electron chi connectivity index (χ3n) is 3.31. The maximum Gasteiger partial charge on any atom is 0.218 e. The van der Waals surface area contributed by atoms with Crippen LogP contribution in [0.25, 0.3) is 0 Å². The Labute approximate surface area is 107 Å². The van der Waals surface area contributed by atoms with Crippen LogP contribution in [0.5, 0.6) is 5.75 Å². The molecular formula is C14H18N2O2. The van der Waals surface area contributed by atoms with Crippen LogP contribution in [0.2, 0.25) is 0 Å². The number of ether oxygens (including phenoxy) is 1. The predicted molar refractivity (Wildman–Crippen MR) is 69.8 cm³/mol. The molecule has 1 aliphatic rings. The first-order valence-corrected chi connectivity index (χ1v) is 5.97. The molecule has 0 bridgehead atoms. The number of ketones is 1. The number of Topliss-reactive ketones (excluding diaryl/α,β-unsaturated/α-hetero) is 1. The van der Waals surface area contributed by atoms with E-state index in [1.165, 1.54) is 0 Å². The molecule has 1 aromatic rings. The average Bonchev–Trinajstić information content (AvgIpc) is 2.56. The van der Waals surface area contributed by atoms with E-state index in [1.807, 2.05) is 61.4 Å². The fourth-order valence-corrected chi connectivity index (χ4v) is 2.11. The molecule has 4 heteroatoms. The molecule has 1 atom stereocenters. The van der Waals surface area contributed by atoms with Crippen LogP contribution in [0.1, 0.15) is 13.8 Å². The Morgan fingerprint density at radius 3 is 2.39 bits per heavy atom. The van der Waals surface area contributed by atoms with Crippen molar-refractivity contribution in [3.05, 3.63) is 41.8 Å². The second-order valence-electron chi connectivity index (χ2n) is 4.46. The fraction of sp³-hybridized carbons (Fsp3) is 0.357. The summed E-state index contributed by atoms with van der Waals surface area (Å²) in [4.78, 5) is 11.8. The van der Waals surface area contributed by atoms with Crippen LogP contribution in [-0.2, 0) is 4.79 Å². The van der Waals surface area contributed by atoms with Gasteiger partial charge in [0, 0.05) is 14.1 Å². The van der Waals surface area contributed by atoms with Crippen molar-refractivity contribution >= 4 is 5.78 Å². The molecule has 18 heavy (non-hydrogen) atoms. The molecule has 0 aromatic heterocycles. The van der Waals surface area contributed by atoms with Gasteiger partial charge in [0.25, 0.3) is 0 Å². The van der Waals surface area contributed by atoms with Crippen molar-refractivity contribution in [3.63, 3.8) is 0 Å². The van der Waals surface area contributed by atoms with Crippen LogP contribution in [-0.4, -0.2) is 35.9 Å². The lowest BCUT2D eigenvalue weighted by Crippen LogP contribution is -2.36. The lowest BCUT2D eigenvalue weighted by Gasteiger charge is -2.26. The monoisotopic (exact) mass is 246 g/mol. The zero-order valence-corrected chi connectivity index (χ0v) is 11.2. The van der Waals surface area contributed by atoms with Crippen molar-refractivity contribution in [1.29, 1.82) is 0 Å². The van der Waals surface area contributed by atoms with Crippen LogP contribution in [0.4, 0.5) is 0 Å². The van der Waals surface area contributed by atoms with Crippen molar-refractivity contribution in [2.24, 2.45) is 0 Å². The van der Waals surface area contributed by atoms with Crippen LogP contribution in [0.3, 0.4) is 0 Å². The van der Waals surface area contributed by atoms with Gasteiger partial charge in [-0.1, -0.05) is 18.2 Å². The van der Waals surface area contributed by atoms with Gasteiger partial charge in [-0.3, -0.25) is 9.80 Å². The number of nitrogens with zero attached hydrogens (tertiary/aromatic N) is 2. The van der Waals surface area contributed by atoms with Gasteiger partial charge in [-0.25, -0.2) is 5.01 Å². The minimum atomic E-state index is 0.0335. The summed E-state index contributed by atoms with van der Waals surface area (Å²) < 4.78 is 5.85. The highest BCUT2D eigenvalue weighted by Crippen LogP contribution is 2.29. The van der Waals surface area contributed by atoms with Crippen molar-refractivity contribution in [2.75, 3.05) is 14.1 Å². The predicted octanol–water partition coefficient (Wildman–Crippen LogP) is 2.05. The summed E-state index contributed by atoms with van der Waals surface area (Å²) in [6.45, 7) is 3.57. The third-order valence-corrected chi connectivity index (χ3v) is 3.31. The number of para-hydroxylation sites is 1. The Morgan fingerprint density at radius 2 is 1.83 bits per heavy atom. The normalized spacial score (nSPS) is 20.4. The Balaban J connectivity index is 2.36. The van der Waals surface area contributed by atoms with Gasteiger partial charge in [-0.05, 0) is 26.0 Å². The Bertz CT molecular complexity index is 482. The minimum absolute atomic E-state index is 0.0335. The molecule has 0 radical (unpaired) electrons.